The highest BCUT2D eigenvalue weighted by atomic mass is 32.2. The lowest BCUT2D eigenvalue weighted by Gasteiger charge is -2.33. The molecule has 0 spiro atoms. The maximum absolute atomic E-state index is 13.1. The molecule has 4 rings (SSSR count). The Balaban J connectivity index is 1.39. The second-order valence-corrected chi connectivity index (χ2v) is 8.55. The second-order valence-electron chi connectivity index (χ2n) is 7.31. The molecular weight excluding hydrogens is 375 g/mol. The minimum Gasteiger partial charge on any atom is -0.343 e. The molecule has 2 amide bonds. The summed E-state index contributed by atoms with van der Waals surface area (Å²) in [6.07, 6.45) is 2.47. The standard InChI is InChI=1S/C22H23FN2O2S/c23-17-10-8-15(9-11-17)13-20-21(26)24-18(14-28-20)22(27)25-12-4-7-19(25)16-5-2-1-3-6-16/h1-3,5-6,8-11,18-20H,4,7,12-14H2,(H,24,26)/t18-,19-,20-/m0/s1. The normalized spacial score (nSPS) is 24.8. The smallest absolute Gasteiger partial charge is 0.246 e. The average Bonchev–Trinajstić information content (AvgIpc) is 3.21. The minimum atomic E-state index is -0.480. The van der Waals surface area contributed by atoms with Crippen molar-refractivity contribution in [1.29, 1.82) is 0 Å². The second kappa shape index (κ2) is 8.35. The van der Waals surface area contributed by atoms with Crippen LogP contribution in [0.3, 0.4) is 0 Å². The van der Waals surface area contributed by atoms with Gasteiger partial charge in [0.05, 0.1) is 11.3 Å². The number of carbonyl (C=O) groups is 2. The number of nitrogens with zero attached hydrogens (tertiary/aromatic N) is 1. The lowest BCUT2D eigenvalue weighted by Crippen LogP contribution is -2.55. The Morgan fingerprint density at radius 1 is 1.14 bits per heavy atom. The van der Waals surface area contributed by atoms with E-state index in [1.54, 1.807) is 12.1 Å². The number of likely N-dealkylation sites (tertiary alicyclic amines) is 1. The van der Waals surface area contributed by atoms with Crippen LogP contribution in [-0.4, -0.2) is 40.3 Å². The van der Waals surface area contributed by atoms with E-state index in [0.29, 0.717) is 12.2 Å². The van der Waals surface area contributed by atoms with Crippen molar-refractivity contribution in [3.63, 3.8) is 0 Å². The summed E-state index contributed by atoms with van der Waals surface area (Å²) in [5.41, 5.74) is 2.07. The highest BCUT2D eigenvalue weighted by Gasteiger charge is 2.38. The van der Waals surface area contributed by atoms with Gasteiger partial charge in [0.15, 0.2) is 0 Å². The van der Waals surface area contributed by atoms with Gasteiger partial charge in [-0.1, -0.05) is 42.5 Å². The third kappa shape index (κ3) is 4.07. The SMILES string of the molecule is O=C1N[C@H](C(=O)N2CCC[C@H]2c2ccccc2)CS[C@H]1Cc1ccc(F)cc1. The van der Waals surface area contributed by atoms with Gasteiger partial charge >= 0.3 is 0 Å². The predicted molar refractivity (Wildman–Crippen MR) is 108 cm³/mol. The highest BCUT2D eigenvalue weighted by molar-refractivity contribution is 8.00. The van der Waals surface area contributed by atoms with Gasteiger partial charge in [-0.2, -0.15) is 0 Å². The van der Waals surface area contributed by atoms with Crippen molar-refractivity contribution >= 4 is 23.6 Å². The molecule has 146 valence electrons. The number of hydrogen-bond donors (Lipinski definition) is 1. The summed E-state index contributed by atoms with van der Waals surface area (Å²) in [4.78, 5) is 27.6. The quantitative estimate of drug-likeness (QED) is 0.860. The van der Waals surface area contributed by atoms with Crippen LogP contribution in [0.15, 0.2) is 54.6 Å². The molecule has 4 nitrogen and oxygen atoms in total. The molecule has 2 aromatic carbocycles. The van der Waals surface area contributed by atoms with Gasteiger partial charge in [-0.3, -0.25) is 9.59 Å². The molecule has 2 aliphatic heterocycles. The van der Waals surface area contributed by atoms with E-state index in [4.69, 9.17) is 0 Å². The average molecular weight is 399 g/mol. The summed E-state index contributed by atoms with van der Waals surface area (Å²) >= 11 is 1.51. The fourth-order valence-electron chi connectivity index (χ4n) is 3.97. The van der Waals surface area contributed by atoms with Gasteiger partial charge < -0.3 is 10.2 Å². The van der Waals surface area contributed by atoms with E-state index in [9.17, 15) is 14.0 Å². The molecule has 2 heterocycles. The van der Waals surface area contributed by atoms with Crippen molar-refractivity contribution in [2.45, 2.75) is 36.6 Å². The van der Waals surface area contributed by atoms with Crippen molar-refractivity contribution < 1.29 is 14.0 Å². The Labute approximate surface area is 168 Å². The molecule has 0 unspecified atom stereocenters. The number of rotatable bonds is 4. The molecule has 2 aromatic rings. The van der Waals surface area contributed by atoms with Crippen LogP contribution in [0.25, 0.3) is 0 Å². The molecule has 0 radical (unpaired) electrons. The van der Waals surface area contributed by atoms with E-state index >= 15 is 0 Å². The zero-order valence-electron chi connectivity index (χ0n) is 15.5. The first-order chi connectivity index (χ1) is 13.6. The van der Waals surface area contributed by atoms with Crippen LogP contribution in [0.5, 0.6) is 0 Å². The van der Waals surface area contributed by atoms with Crippen LogP contribution >= 0.6 is 11.8 Å². The lowest BCUT2D eigenvalue weighted by molar-refractivity contribution is -0.136. The topological polar surface area (TPSA) is 49.4 Å². The molecule has 2 saturated heterocycles. The summed E-state index contributed by atoms with van der Waals surface area (Å²) in [7, 11) is 0. The van der Waals surface area contributed by atoms with Crippen LogP contribution in [0.2, 0.25) is 0 Å². The summed E-state index contributed by atoms with van der Waals surface area (Å²) < 4.78 is 13.1. The Morgan fingerprint density at radius 2 is 1.89 bits per heavy atom. The van der Waals surface area contributed by atoms with E-state index in [2.05, 4.69) is 17.4 Å². The largest absolute Gasteiger partial charge is 0.343 e. The van der Waals surface area contributed by atoms with Crippen LogP contribution in [0.1, 0.15) is 30.0 Å². The maximum Gasteiger partial charge on any atom is 0.246 e. The molecule has 28 heavy (non-hydrogen) atoms. The maximum atomic E-state index is 13.1. The van der Waals surface area contributed by atoms with Crippen molar-refractivity contribution in [2.24, 2.45) is 0 Å². The number of nitrogens with one attached hydrogen (secondary N) is 1. The van der Waals surface area contributed by atoms with Gasteiger partial charge in [-0.05, 0) is 42.5 Å². The molecule has 3 atom stereocenters. The number of hydrogen-bond acceptors (Lipinski definition) is 3. The first-order valence-corrected chi connectivity index (χ1v) is 10.7. The van der Waals surface area contributed by atoms with E-state index in [1.165, 1.54) is 23.9 Å². The summed E-state index contributed by atoms with van der Waals surface area (Å²) in [5, 5.41) is 2.67. The molecule has 6 heteroatoms. The number of benzene rings is 2. The van der Waals surface area contributed by atoms with Crippen LogP contribution in [0.4, 0.5) is 4.39 Å². The zero-order valence-corrected chi connectivity index (χ0v) is 16.3. The fraction of sp³-hybridized carbons (Fsp3) is 0.364. The number of thioether (sulfide) groups is 1. The van der Waals surface area contributed by atoms with Crippen LogP contribution in [0, 0.1) is 5.82 Å². The van der Waals surface area contributed by atoms with Crippen molar-refractivity contribution in [3.05, 3.63) is 71.5 Å². The Kier molecular flexibility index (Phi) is 5.67. The molecule has 0 aliphatic carbocycles. The number of carbonyl (C=O) groups excluding carboxylic acids is 2. The Morgan fingerprint density at radius 3 is 2.61 bits per heavy atom. The third-order valence-electron chi connectivity index (χ3n) is 5.43. The van der Waals surface area contributed by atoms with Gasteiger partial charge in [-0.15, -0.1) is 11.8 Å². The van der Waals surface area contributed by atoms with Crippen molar-refractivity contribution in [2.75, 3.05) is 12.3 Å². The van der Waals surface area contributed by atoms with Gasteiger partial charge in [0.25, 0.3) is 0 Å². The van der Waals surface area contributed by atoms with Crippen LogP contribution < -0.4 is 5.32 Å². The molecule has 1 N–H and O–H groups in total. The first-order valence-electron chi connectivity index (χ1n) is 9.63. The van der Waals surface area contributed by atoms with Crippen LogP contribution in [-0.2, 0) is 16.0 Å². The van der Waals surface area contributed by atoms with E-state index in [0.717, 1.165) is 30.5 Å². The Bertz CT molecular complexity index is 843. The first kappa shape index (κ1) is 19.0. The lowest BCUT2D eigenvalue weighted by atomic mass is 10.0. The van der Waals surface area contributed by atoms with Gasteiger partial charge in [0, 0.05) is 12.3 Å². The molecule has 2 aliphatic rings. The molecular formula is C22H23FN2O2S. The number of halogens is 1. The molecule has 2 fully saturated rings. The molecule has 0 aromatic heterocycles. The molecule has 0 bridgehead atoms. The summed E-state index contributed by atoms with van der Waals surface area (Å²) in [6, 6.07) is 15.9. The third-order valence-corrected chi connectivity index (χ3v) is 6.73. The van der Waals surface area contributed by atoms with Crippen molar-refractivity contribution in [1.82, 2.24) is 10.2 Å². The fourth-order valence-corrected chi connectivity index (χ4v) is 5.15. The summed E-state index contributed by atoms with van der Waals surface area (Å²) in [6.45, 7) is 0.731. The number of amides is 2. The molecule has 0 saturated carbocycles. The summed E-state index contributed by atoms with van der Waals surface area (Å²) in [5.74, 6) is 0.171. The monoisotopic (exact) mass is 398 g/mol. The predicted octanol–water partition coefficient (Wildman–Crippen LogP) is 3.33. The Hall–Kier alpha value is -2.34. The highest BCUT2D eigenvalue weighted by Crippen LogP contribution is 2.33. The van der Waals surface area contributed by atoms with E-state index < -0.39 is 6.04 Å². The zero-order chi connectivity index (χ0) is 19.5. The van der Waals surface area contributed by atoms with E-state index in [-0.39, 0.29) is 28.9 Å². The van der Waals surface area contributed by atoms with Gasteiger partial charge in [-0.25, -0.2) is 4.39 Å². The van der Waals surface area contributed by atoms with E-state index in [1.807, 2.05) is 23.1 Å². The van der Waals surface area contributed by atoms with Crippen molar-refractivity contribution in [3.8, 4) is 0 Å². The van der Waals surface area contributed by atoms with Gasteiger partial charge in [0.2, 0.25) is 11.8 Å². The minimum absolute atomic E-state index is 0.00688. The van der Waals surface area contributed by atoms with Gasteiger partial charge in [0.1, 0.15) is 11.9 Å².